The van der Waals surface area contributed by atoms with Gasteiger partial charge in [-0.3, -0.25) is 9.59 Å². The Morgan fingerprint density at radius 1 is 1.27 bits per heavy atom. The highest BCUT2D eigenvalue weighted by molar-refractivity contribution is 6.00. The van der Waals surface area contributed by atoms with Crippen LogP contribution in [0.5, 0.6) is 11.5 Å². The molecule has 1 heterocycles. The number of hydrogen-bond acceptors (Lipinski definition) is 5. The van der Waals surface area contributed by atoms with Crippen molar-refractivity contribution < 1.29 is 19.1 Å². The zero-order chi connectivity index (χ0) is 19.5. The van der Waals surface area contributed by atoms with Crippen molar-refractivity contribution >= 4 is 17.5 Å². The van der Waals surface area contributed by atoms with E-state index in [9.17, 15) is 9.59 Å². The second-order valence-corrected chi connectivity index (χ2v) is 7.54. The molecule has 1 aromatic rings. The molecule has 2 N–H and O–H groups in total. The lowest BCUT2D eigenvalue weighted by atomic mass is 9.92. The van der Waals surface area contributed by atoms with E-state index in [-0.39, 0.29) is 29.6 Å². The standard InChI is InChI=1S/C19H29N3O4/c1-19(2,11-20)12-21(3)18(24)13-6-17(23)22(10-13)14-7-15(25-4)9-16(8-14)26-5/h7-9,13H,6,10-12,20H2,1-5H3. The summed E-state index contributed by atoms with van der Waals surface area (Å²) in [6.45, 7) is 5.43. The molecule has 1 saturated heterocycles. The van der Waals surface area contributed by atoms with E-state index in [1.807, 2.05) is 13.8 Å². The Bertz CT molecular complexity index is 652. The van der Waals surface area contributed by atoms with Gasteiger partial charge in [0.2, 0.25) is 11.8 Å². The molecule has 0 radical (unpaired) electrons. The molecule has 1 aliphatic rings. The average Bonchev–Trinajstić information content (AvgIpc) is 3.01. The van der Waals surface area contributed by atoms with Crippen molar-refractivity contribution in [1.82, 2.24) is 4.90 Å². The number of carbonyl (C=O) groups excluding carboxylic acids is 2. The molecule has 2 amide bonds. The molecular formula is C19H29N3O4. The van der Waals surface area contributed by atoms with E-state index in [1.54, 1.807) is 49.3 Å². The quantitative estimate of drug-likeness (QED) is 0.793. The molecule has 1 fully saturated rings. The molecule has 0 bridgehead atoms. The minimum Gasteiger partial charge on any atom is -0.497 e. The van der Waals surface area contributed by atoms with Gasteiger partial charge in [0.15, 0.2) is 0 Å². The molecule has 0 aliphatic carbocycles. The van der Waals surface area contributed by atoms with Crippen LogP contribution in [-0.4, -0.2) is 57.6 Å². The highest BCUT2D eigenvalue weighted by Gasteiger charge is 2.37. The average molecular weight is 363 g/mol. The highest BCUT2D eigenvalue weighted by atomic mass is 16.5. The number of methoxy groups -OCH3 is 2. The van der Waals surface area contributed by atoms with Crippen molar-refractivity contribution in [1.29, 1.82) is 0 Å². The molecular weight excluding hydrogens is 334 g/mol. The fourth-order valence-corrected chi connectivity index (χ4v) is 3.17. The van der Waals surface area contributed by atoms with E-state index in [0.29, 0.717) is 36.8 Å². The summed E-state index contributed by atoms with van der Waals surface area (Å²) in [6, 6.07) is 5.29. The fraction of sp³-hybridized carbons (Fsp3) is 0.579. The van der Waals surface area contributed by atoms with Crippen molar-refractivity contribution in [2.75, 3.05) is 45.8 Å². The molecule has 0 spiro atoms. The van der Waals surface area contributed by atoms with Crippen LogP contribution in [0.25, 0.3) is 0 Å². The number of hydrogen-bond donors (Lipinski definition) is 1. The Kier molecular flexibility index (Phi) is 6.13. The van der Waals surface area contributed by atoms with Gasteiger partial charge >= 0.3 is 0 Å². The van der Waals surface area contributed by atoms with Gasteiger partial charge in [0, 0.05) is 44.8 Å². The largest absolute Gasteiger partial charge is 0.497 e. The van der Waals surface area contributed by atoms with E-state index < -0.39 is 0 Å². The zero-order valence-electron chi connectivity index (χ0n) is 16.2. The lowest BCUT2D eigenvalue weighted by molar-refractivity contribution is -0.135. The van der Waals surface area contributed by atoms with Crippen LogP contribution in [0.2, 0.25) is 0 Å². The smallest absolute Gasteiger partial charge is 0.227 e. The SMILES string of the molecule is COc1cc(OC)cc(N2CC(C(=O)N(C)CC(C)(C)CN)CC2=O)c1. The lowest BCUT2D eigenvalue weighted by Gasteiger charge is -2.30. The molecule has 0 saturated carbocycles. The maximum atomic E-state index is 12.8. The number of nitrogens with two attached hydrogens (primary N) is 1. The van der Waals surface area contributed by atoms with E-state index in [0.717, 1.165) is 0 Å². The van der Waals surface area contributed by atoms with Crippen LogP contribution in [-0.2, 0) is 9.59 Å². The first-order chi connectivity index (χ1) is 12.2. The predicted octanol–water partition coefficient (Wildman–Crippen LogP) is 1.50. The Labute approximate surface area is 155 Å². The van der Waals surface area contributed by atoms with Gasteiger partial charge in [-0.15, -0.1) is 0 Å². The van der Waals surface area contributed by atoms with E-state index in [2.05, 4.69) is 0 Å². The predicted molar refractivity (Wildman–Crippen MR) is 100 cm³/mol. The summed E-state index contributed by atoms with van der Waals surface area (Å²) in [6.07, 6.45) is 0.200. The topological polar surface area (TPSA) is 85.1 Å². The molecule has 1 aromatic carbocycles. The Balaban J connectivity index is 2.14. The van der Waals surface area contributed by atoms with Crippen LogP contribution in [0.1, 0.15) is 20.3 Å². The molecule has 1 atom stereocenters. The molecule has 1 aliphatic heterocycles. The van der Waals surface area contributed by atoms with Crippen LogP contribution < -0.4 is 20.1 Å². The molecule has 2 rings (SSSR count). The van der Waals surface area contributed by atoms with Crippen LogP contribution in [0.4, 0.5) is 5.69 Å². The van der Waals surface area contributed by atoms with E-state index in [1.165, 1.54) is 0 Å². The van der Waals surface area contributed by atoms with Gasteiger partial charge in [0.25, 0.3) is 0 Å². The number of anilines is 1. The van der Waals surface area contributed by atoms with Gasteiger partial charge in [-0.2, -0.15) is 0 Å². The second kappa shape index (κ2) is 7.95. The second-order valence-electron chi connectivity index (χ2n) is 7.54. The monoisotopic (exact) mass is 363 g/mol. The van der Waals surface area contributed by atoms with Gasteiger partial charge < -0.3 is 25.0 Å². The van der Waals surface area contributed by atoms with Crippen molar-refractivity contribution in [3.05, 3.63) is 18.2 Å². The normalized spacial score (nSPS) is 17.4. The number of amides is 2. The minimum absolute atomic E-state index is 0.0303. The first kappa shape index (κ1) is 20.0. The third kappa shape index (κ3) is 4.46. The lowest BCUT2D eigenvalue weighted by Crippen LogP contribution is -2.42. The van der Waals surface area contributed by atoms with Crippen LogP contribution in [0.3, 0.4) is 0 Å². The van der Waals surface area contributed by atoms with Gasteiger partial charge in [0.05, 0.1) is 25.8 Å². The Hall–Kier alpha value is -2.28. The van der Waals surface area contributed by atoms with Gasteiger partial charge in [-0.05, 0) is 12.0 Å². The first-order valence-electron chi connectivity index (χ1n) is 8.69. The van der Waals surface area contributed by atoms with Crippen LogP contribution >= 0.6 is 0 Å². The minimum atomic E-state index is -0.363. The maximum absolute atomic E-state index is 12.8. The molecule has 144 valence electrons. The van der Waals surface area contributed by atoms with Crippen molar-refractivity contribution in [2.24, 2.45) is 17.1 Å². The summed E-state index contributed by atoms with van der Waals surface area (Å²) in [5, 5.41) is 0. The van der Waals surface area contributed by atoms with Gasteiger partial charge in [-0.25, -0.2) is 0 Å². The van der Waals surface area contributed by atoms with Gasteiger partial charge in [-0.1, -0.05) is 13.8 Å². The molecule has 7 nitrogen and oxygen atoms in total. The third-order valence-corrected chi connectivity index (χ3v) is 4.72. The molecule has 7 heteroatoms. The number of benzene rings is 1. The fourth-order valence-electron chi connectivity index (χ4n) is 3.17. The third-order valence-electron chi connectivity index (χ3n) is 4.72. The van der Waals surface area contributed by atoms with E-state index >= 15 is 0 Å². The summed E-state index contributed by atoms with van der Waals surface area (Å²) in [7, 11) is 4.89. The van der Waals surface area contributed by atoms with Crippen LogP contribution in [0.15, 0.2) is 18.2 Å². The van der Waals surface area contributed by atoms with E-state index in [4.69, 9.17) is 15.2 Å². The number of carbonyl (C=O) groups is 2. The first-order valence-corrected chi connectivity index (χ1v) is 8.69. The number of rotatable bonds is 7. The van der Waals surface area contributed by atoms with Crippen LogP contribution in [0, 0.1) is 11.3 Å². The van der Waals surface area contributed by atoms with Crippen molar-refractivity contribution in [3.8, 4) is 11.5 Å². The summed E-state index contributed by atoms with van der Waals surface area (Å²) in [5.41, 5.74) is 6.27. The zero-order valence-corrected chi connectivity index (χ0v) is 16.2. The molecule has 26 heavy (non-hydrogen) atoms. The summed E-state index contributed by atoms with van der Waals surface area (Å²) >= 11 is 0. The van der Waals surface area contributed by atoms with Crippen molar-refractivity contribution in [3.63, 3.8) is 0 Å². The van der Waals surface area contributed by atoms with Crippen molar-refractivity contribution in [2.45, 2.75) is 20.3 Å². The number of ether oxygens (including phenoxy) is 2. The summed E-state index contributed by atoms with van der Waals surface area (Å²) in [5.74, 6) is 0.730. The number of nitrogens with zero attached hydrogens (tertiary/aromatic N) is 2. The molecule has 1 unspecified atom stereocenters. The molecule has 0 aromatic heterocycles. The maximum Gasteiger partial charge on any atom is 0.227 e. The Morgan fingerprint density at radius 3 is 2.35 bits per heavy atom. The van der Waals surface area contributed by atoms with Gasteiger partial charge in [0.1, 0.15) is 11.5 Å². The highest BCUT2D eigenvalue weighted by Crippen LogP contribution is 2.33. The summed E-state index contributed by atoms with van der Waals surface area (Å²) < 4.78 is 10.5. The Morgan fingerprint density at radius 2 is 1.85 bits per heavy atom. The summed E-state index contributed by atoms with van der Waals surface area (Å²) in [4.78, 5) is 28.6.